The van der Waals surface area contributed by atoms with Crippen molar-refractivity contribution in [1.29, 1.82) is 0 Å². The summed E-state index contributed by atoms with van der Waals surface area (Å²) >= 11 is 6.57. The molecule has 0 aliphatic carbocycles. The first-order valence-corrected chi connectivity index (χ1v) is 12.6. The van der Waals surface area contributed by atoms with Gasteiger partial charge in [-0.2, -0.15) is 4.98 Å². The fourth-order valence-electron chi connectivity index (χ4n) is 4.65. The van der Waals surface area contributed by atoms with Crippen molar-refractivity contribution in [1.82, 2.24) is 20.3 Å². The molecule has 2 aromatic carbocycles. The number of halogens is 1. The number of hydrogen-bond donors (Lipinski definition) is 3. The van der Waals surface area contributed by atoms with Crippen LogP contribution in [-0.2, 0) is 20.7 Å². The topological polar surface area (TPSA) is 109 Å². The molecule has 9 heteroatoms. The van der Waals surface area contributed by atoms with E-state index in [9.17, 15) is 9.90 Å². The van der Waals surface area contributed by atoms with E-state index in [1.54, 1.807) is 6.07 Å². The molecule has 5 rings (SSSR count). The normalized spacial score (nSPS) is 15.5. The molecule has 1 aliphatic rings. The molecule has 3 heterocycles. The Hall–Kier alpha value is -3.46. The molecule has 192 valence electrons. The van der Waals surface area contributed by atoms with Crippen LogP contribution in [0.1, 0.15) is 44.7 Å². The number of aromatic nitrogens is 3. The summed E-state index contributed by atoms with van der Waals surface area (Å²) in [5.41, 5.74) is 3.00. The largest absolute Gasteiger partial charge is 0.426 e. The number of benzene rings is 2. The van der Waals surface area contributed by atoms with Crippen molar-refractivity contribution in [2.24, 2.45) is 0 Å². The Morgan fingerprint density at radius 1 is 1.11 bits per heavy atom. The molecule has 0 unspecified atom stereocenters. The number of ether oxygens (including phenoxy) is 2. The van der Waals surface area contributed by atoms with Crippen LogP contribution in [0.25, 0.3) is 22.4 Å². The van der Waals surface area contributed by atoms with Crippen LogP contribution in [0.15, 0.2) is 54.6 Å². The van der Waals surface area contributed by atoms with Gasteiger partial charge in [-0.05, 0) is 43.2 Å². The molecule has 0 bridgehead atoms. The van der Waals surface area contributed by atoms with Gasteiger partial charge in [0.05, 0.1) is 27.4 Å². The van der Waals surface area contributed by atoms with Crippen LogP contribution < -0.4 is 10.1 Å². The average molecular weight is 521 g/mol. The molecule has 1 fully saturated rings. The first-order valence-electron chi connectivity index (χ1n) is 12.2. The summed E-state index contributed by atoms with van der Waals surface area (Å²) in [6.07, 6.45) is 1.15. The van der Waals surface area contributed by atoms with Crippen molar-refractivity contribution >= 4 is 28.7 Å². The number of carbonyl (C=O) groups excluding carboxylic acids is 1. The zero-order valence-corrected chi connectivity index (χ0v) is 21.7. The lowest BCUT2D eigenvalue weighted by Crippen LogP contribution is -2.39. The quantitative estimate of drug-likeness (QED) is 0.312. The van der Waals surface area contributed by atoms with Crippen LogP contribution in [0.3, 0.4) is 0 Å². The number of amides is 1. The first kappa shape index (κ1) is 25.2. The summed E-state index contributed by atoms with van der Waals surface area (Å²) in [6.45, 7) is 6.48. The third kappa shape index (κ3) is 5.32. The fraction of sp³-hybridized carbons (Fsp3) is 0.321. The van der Waals surface area contributed by atoms with Crippen molar-refractivity contribution in [3.8, 4) is 23.0 Å². The van der Waals surface area contributed by atoms with Gasteiger partial charge >= 0.3 is 6.01 Å². The Morgan fingerprint density at radius 2 is 1.78 bits per heavy atom. The highest BCUT2D eigenvalue weighted by molar-refractivity contribution is 6.33. The molecule has 1 amide bonds. The number of rotatable bonds is 6. The number of nitrogens with one attached hydrogen (secondary N) is 2. The molecule has 0 saturated carbocycles. The average Bonchev–Trinajstić information content (AvgIpc) is 3.24. The van der Waals surface area contributed by atoms with E-state index in [1.165, 1.54) is 6.92 Å². The van der Waals surface area contributed by atoms with E-state index in [4.69, 9.17) is 21.1 Å². The predicted octanol–water partition coefficient (Wildman–Crippen LogP) is 5.44. The van der Waals surface area contributed by atoms with E-state index in [2.05, 4.69) is 20.3 Å². The van der Waals surface area contributed by atoms with Crippen molar-refractivity contribution in [3.05, 3.63) is 70.7 Å². The monoisotopic (exact) mass is 520 g/mol. The molecule has 1 aliphatic heterocycles. The zero-order valence-electron chi connectivity index (χ0n) is 21.0. The Bertz CT molecular complexity index is 1430. The minimum absolute atomic E-state index is 0.0919. The second-order valence-corrected chi connectivity index (χ2v) is 10.3. The van der Waals surface area contributed by atoms with Crippen molar-refractivity contribution in [2.75, 3.05) is 13.2 Å². The highest BCUT2D eigenvalue weighted by atomic mass is 35.5. The van der Waals surface area contributed by atoms with Gasteiger partial charge in [-0.1, -0.05) is 48.0 Å². The number of hydrogen-bond acceptors (Lipinski definition) is 6. The van der Waals surface area contributed by atoms with Gasteiger partial charge < -0.3 is 24.9 Å². The van der Waals surface area contributed by atoms with Crippen LogP contribution in [-0.4, -0.2) is 39.2 Å². The fourth-order valence-corrected chi connectivity index (χ4v) is 4.91. The zero-order chi connectivity index (χ0) is 26.2. The Kier molecular flexibility index (Phi) is 6.66. The van der Waals surface area contributed by atoms with Crippen LogP contribution in [0.5, 0.6) is 11.8 Å². The van der Waals surface area contributed by atoms with E-state index in [0.717, 1.165) is 16.7 Å². The number of carbonyl (C=O) groups is 1. The van der Waals surface area contributed by atoms with Gasteiger partial charge in [0.25, 0.3) is 0 Å². The molecular weight excluding hydrogens is 492 g/mol. The minimum atomic E-state index is -0.871. The number of pyridine rings is 1. The van der Waals surface area contributed by atoms with E-state index >= 15 is 0 Å². The SMILES string of the molecule is CC(=O)NC(C)(C)c1ccc(Oc2nc3nc(-c4ccc(C5(O)CCOCC5)cc4)c(Cl)cc3[nH]2)cc1. The third-order valence-corrected chi connectivity index (χ3v) is 6.99. The lowest BCUT2D eigenvalue weighted by atomic mass is 9.86. The van der Waals surface area contributed by atoms with Gasteiger partial charge in [-0.25, -0.2) is 4.98 Å². The maximum atomic E-state index is 11.5. The molecule has 8 nitrogen and oxygen atoms in total. The van der Waals surface area contributed by atoms with Gasteiger partial charge in [-0.3, -0.25) is 4.79 Å². The highest BCUT2D eigenvalue weighted by Gasteiger charge is 2.31. The van der Waals surface area contributed by atoms with E-state index in [-0.39, 0.29) is 5.91 Å². The van der Waals surface area contributed by atoms with Gasteiger partial charge in [0.1, 0.15) is 5.75 Å². The van der Waals surface area contributed by atoms with Crippen LogP contribution in [0.2, 0.25) is 5.02 Å². The summed E-state index contributed by atoms with van der Waals surface area (Å²) in [5.74, 6) is 0.500. The molecule has 1 saturated heterocycles. The number of imidazole rings is 1. The first-order chi connectivity index (χ1) is 17.6. The van der Waals surface area contributed by atoms with Gasteiger partial charge in [0.2, 0.25) is 5.91 Å². The Labute approximate surface area is 220 Å². The number of aromatic amines is 1. The maximum Gasteiger partial charge on any atom is 0.301 e. The standard InChI is InChI=1S/C28H29ClN4O4/c1-17(34)33-27(2,3)19-8-10-21(11-9-19)37-26-30-23-16-22(29)24(31-25(23)32-26)18-4-6-20(7-5-18)28(35)12-14-36-15-13-28/h4-11,16,35H,12-15H2,1-3H3,(H,33,34)(H,30,31,32). The summed E-state index contributed by atoms with van der Waals surface area (Å²) in [7, 11) is 0. The molecule has 4 aromatic rings. The lowest BCUT2D eigenvalue weighted by molar-refractivity contribution is -0.120. The van der Waals surface area contributed by atoms with Gasteiger partial charge in [-0.15, -0.1) is 0 Å². The number of H-pyrrole nitrogens is 1. The maximum absolute atomic E-state index is 11.5. The smallest absolute Gasteiger partial charge is 0.301 e. The second kappa shape index (κ2) is 9.78. The molecule has 0 spiro atoms. The van der Waals surface area contributed by atoms with Crippen molar-refractivity contribution in [3.63, 3.8) is 0 Å². The Balaban J connectivity index is 1.35. The van der Waals surface area contributed by atoms with Gasteiger partial charge in [0, 0.05) is 38.5 Å². The highest BCUT2D eigenvalue weighted by Crippen LogP contribution is 2.35. The molecular formula is C28H29ClN4O4. The van der Waals surface area contributed by atoms with E-state index in [0.29, 0.717) is 59.7 Å². The summed E-state index contributed by atoms with van der Waals surface area (Å²) < 4.78 is 11.3. The molecule has 0 atom stereocenters. The third-order valence-electron chi connectivity index (χ3n) is 6.70. The summed E-state index contributed by atoms with van der Waals surface area (Å²) in [4.78, 5) is 23.7. The number of aliphatic hydroxyl groups is 1. The summed E-state index contributed by atoms with van der Waals surface area (Å²) in [5, 5.41) is 14.4. The summed E-state index contributed by atoms with van der Waals surface area (Å²) in [6, 6.07) is 17.2. The van der Waals surface area contributed by atoms with Crippen LogP contribution >= 0.6 is 11.6 Å². The van der Waals surface area contributed by atoms with Crippen LogP contribution in [0, 0.1) is 0 Å². The minimum Gasteiger partial charge on any atom is -0.426 e. The molecule has 3 N–H and O–H groups in total. The number of nitrogens with zero attached hydrogens (tertiary/aromatic N) is 2. The lowest BCUT2D eigenvalue weighted by Gasteiger charge is -2.32. The number of fused-ring (bicyclic) bond motifs is 1. The van der Waals surface area contributed by atoms with Crippen LogP contribution in [0.4, 0.5) is 0 Å². The molecule has 0 radical (unpaired) electrons. The second-order valence-electron chi connectivity index (χ2n) is 9.89. The van der Waals surface area contributed by atoms with Crippen molar-refractivity contribution in [2.45, 2.75) is 44.8 Å². The molecule has 2 aromatic heterocycles. The Morgan fingerprint density at radius 3 is 2.43 bits per heavy atom. The van der Waals surface area contributed by atoms with E-state index < -0.39 is 11.1 Å². The predicted molar refractivity (Wildman–Crippen MR) is 142 cm³/mol. The molecule has 37 heavy (non-hydrogen) atoms. The van der Waals surface area contributed by atoms with Crippen molar-refractivity contribution < 1.29 is 19.4 Å². The van der Waals surface area contributed by atoms with Gasteiger partial charge in [0.15, 0.2) is 5.65 Å². The van der Waals surface area contributed by atoms with E-state index in [1.807, 2.05) is 62.4 Å².